The molecule has 0 aromatic carbocycles. The van der Waals surface area contributed by atoms with Crippen LogP contribution in [0.15, 0.2) is 0 Å². The quantitative estimate of drug-likeness (QED) is 0.791. The van der Waals surface area contributed by atoms with Crippen LogP contribution in [0, 0.1) is 5.92 Å². The number of nitrogens with two attached hydrogens (primary N) is 1. The zero-order chi connectivity index (χ0) is 12.8. The molecule has 0 amide bonds. The SMILES string of the molecule is CCOC(CN)CCN1CCCC2CCCCC21. The van der Waals surface area contributed by atoms with Crippen molar-refractivity contribution in [1.29, 1.82) is 0 Å². The van der Waals surface area contributed by atoms with E-state index in [-0.39, 0.29) is 6.10 Å². The minimum absolute atomic E-state index is 0.263. The predicted molar refractivity (Wildman–Crippen MR) is 75.6 cm³/mol. The fourth-order valence-electron chi connectivity index (χ4n) is 3.82. The van der Waals surface area contributed by atoms with Crippen LogP contribution in [0.4, 0.5) is 0 Å². The molecule has 3 nitrogen and oxygen atoms in total. The van der Waals surface area contributed by atoms with Gasteiger partial charge in [-0.2, -0.15) is 0 Å². The van der Waals surface area contributed by atoms with Crippen LogP contribution in [-0.4, -0.2) is 43.3 Å². The second-order valence-electron chi connectivity index (χ2n) is 5.89. The highest BCUT2D eigenvalue weighted by molar-refractivity contribution is 4.87. The standard InChI is InChI=1S/C15H30N2O/c1-2-18-14(12-16)9-11-17-10-5-7-13-6-3-4-8-15(13)17/h13-15H,2-12,16H2,1H3. The van der Waals surface area contributed by atoms with Gasteiger partial charge in [0.15, 0.2) is 0 Å². The lowest BCUT2D eigenvalue weighted by molar-refractivity contribution is 0.0240. The second kappa shape index (κ2) is 7.46. The Morgan fingerprint density at radius 1 is 1.22 bits per heavy atom. The van der Waals surface area contributed by atoms with Crippen molar-refractivity contribution in [2.75, 3.05) is 26.2 Å². The van der Waals surface area contributed by atoms with Gasteiger partial charge in [-0.1, -0.05) is 12.8 Å². The molecule has 0 bridgehead atoms. The number of rotatable bonds is 6. The molecule has 2 N–H and O–H groups in total. The maximum atomic E-state index is 5.76. The third kappa shape index (κ3) is 3.69. The minimum Gasteiger partial charge on any atom is -0.377 e. The van der Waals surface area contributed by atoms with E-state index in [2.05, 4.69) is 11.8 Å². The number of fused-ring (bicyclic) bond motifs is 1. The number of ether oxygens (including phenoxy) is 1. The van der Waals surface area contributed by atoms with E-state index in [1.165, 1.54) is 51.6 Å². The molecule has 0 radical (unpaired) electrons. The number of likely N-dealkylation sites (tertiary alicyclic amines) is 1. The first-order valence-electron chi connectivity index (χ1n) is 7.90. The molecule has 1 aliphatic heterocycles. The molecule has 3 unspecified atom stereocenters. The maximum absolute atomic E-state index is 5.76. The van der Waals surface area contributed by atoms with Gasteiger partial charge in [-0.25, -0.2) is 0 Å². The van der Waals surface area contributed by atoms with Crippen LogP contribution in [0.1, 0.15) is 51.9 Å². The van der Waals surface area contributed by atoms with Gasteiger partial charge >= 0.3 is 0 Å². The molecule has 0 aromatic heterocycles. The van der Waals surface area contributed by atoms with E-state index in [0.29, 0.717) is 6.54 Å². The van der Waals surface area contributed by atoms with Crippen LogP contribution in [0.3, 0.4) is 0 Å². The van der Waals surface area contributed by atoms with E-state index in [4.69, 9.17) is 10.5 Å². The van der Waals surface area contributed by atoms with Crippen molar-refractivity contribution in [3.8, 4) is 0 Å². The fraction of sp³-hybridized carbons (Fsp3) is 1.00. The Bertz CT molecular complexity index is 233. The van der Waals surface area contributed by atoms with Gasteiger partial charge < -0.3 is 15.4 Å². The summed E-state index contributed by atoms with van der Waals surface area (Å²) < 4.78 is 5.67. The Balaban J connectivity index is 1.79. The van der Waals surface area contributed by atoms with Crippen molar-refractivity contribution < 1.29 is 4.74 Å². The van der Waals surface area contributed by atoms with Crippen molar-refractivity contribution in [2.45, 2.75) is 64.0 Å². The summed E-state index contributed by atoms with van der Waals surface area (Å²) >= 11 is 0. The zero-order valence-electron chi connectivity index (χ0n) is 11.9. The predicted octanol–water partition coefficient (Wildman–Crippen LogP) is 2.39. The van der Waals surface area contributed by atoms with Gasteiger partial charge in [0, 0.05) is 25.7 Å². The highest BCUT2D eigenvalue weighted by Crippen LogP contribution is 2.35. The lowest BCUT2D eigenvalue weighted by Gasteiger charge is -2.44. The molecule has 3 atom stereocenters. The van der Waals surface area contributed by atoms with Gasteiger partial charge in [0.2, 0.25) is 0 Å². The molecule has 106 valence electrons. The van der Waals surface area contributed by atoms with E-state index in [0.717, 1.165) is 25.0 Å². The number of hydrogen-bond acceptors (Lipinski definition) is 3. The van der Waals surface area contributed by atoms with Crippen molar-refractivity contribution in [1.82, 2.24) is 4.90 Å². The normalized spacial score (nSPS) is 31.0. The van der Waals surface area contributed by atoms with Crippen molar-refractivity contribution in [3.63, 3.8) is 0 Å². The summed E-state index contributed by atoms with van der Waals surface area (Å²) in [5.74, 6) is 0.982. The number of nitrogens with zero attached hydrogens (tertiary/aromatic N) is 1. The number of hydrogen-bond donors (Lipinski definition) is 1. The van der Waals surface area contributed by atoms with Gasteiger partial charge in [-0.3, -0.25) is 0 Å². The summed E-state index contributed by atoms with van der Waals surface area (Å²) in [7, 11) is 0. The maximum Gasteiger partial charge on any atom is 0.0709 e. The van der Waals surface area contributed by atoms with Crippen LogP contribution in [0.5, 0.6) is 0 Å². The molecule has 0 aromatic rings. The molecule has 3 heteroatoms. The van der Waals surface area contributed by atoms with Crippen molar-refractivity contribution in [3.05, 3.63) is 0 Å². The van der Waals surface area contributed by atoms with E-state index < -0.39 is 0 Å². The molecule has 1 saturated heterocycles. The second-order valence-corrected chi connectivity index (χ2v) is 5.89. The molecular formula is C15H30N2O. The van der Waals surface area contributed by atoms with Crippen molar-refractivity contribution in [2.24, 2.45) is 11.7 Å². The first-order valence-corrected chi connectivity index (χ1v) is 7.90. The van der Waals surface area contributed by atoms with Crippen LogP contribution < -0.4 is 5.73 Å². The summed E-state index contributed by atoms with van der Waals surface area (Å²) in [5.41, 5.74) is 5.76. The molecule has 1 aliphatic carbocycles. The number of piperidine rings is 1. The van der Waals surface area contributed by atoms with Gasteiger partial charge in [0.1, 0.15) is 0 Å². The molecular weight excluding hydrogens is 224 g/mol. The molecule has 1 saturated carbocycles. The topological polar surface area (TPSA) is 38.5 Å². The van der Waals surface area contributed by atoms with E-state index in [1.807, 2.05) is 0 Å². The fourth-order valence-corrected chi connectivity index (χ4v) is 3.82. The Morgan fingerprint density at radius 2 is 2.00 bits per heavy atom. The summed E-state index contributed by atoms with van der Waals surface area (Å²) in [6, 6.07) is 0.868. The van der Waals surface area contributed by atoms with E-state index >= 15 is 0 Å². The Kier molecular flexibility index (Phi) is 5.93. The van der Waals surface area contributed by atoms with Gasteiger partial charge in [0.25, 0.3) is 0 Å². The van der Waals surface area contributed by atoms with Gasteiger partial charge in [-0.15, -0.1) is 0 Å². The zero-order valence-corrected chi connectivity index (χ0v) is 11.9. The Labute approximate surface area is 112 Å². The molecule has 18 heavy (non-hydrogen) atoms. The Morgan fingerprint density at radius 3 is 2.78 bits per heavy atom. The summed E-state index contributed by atoms with van der Waals surface area (Å²) in [4.78, 5) is 2.73. The van der Waals surface area contributed by atoms with Crippen LogP contribution >= 0.6 is 0 Å². The first-order chi connectivity index (χ1) is 8.85. The third-order valence-corrected chi connectivity index (χ3v) is 4.76. The monoisotopic (exact) mass is 254 g/mol. The molecule has 2 aliphatic rings. The molecule has 2 rings (SSSR count). The average molecular weight is 254 g/mol. The lowest BCUT2D eigenvalue weighted by atomic mass is 9.78. The van der Waals surface area contributed by atoms with Gasteiger partial charge in [-0.05, 0) is 51.5 Å². The average Bonchev–Trinajstić information content (AvgIpc) is 2.43. The molecule has 2 fully saturated rings. The molecule has 1 heterocycles. The van der Waals surface area contributed by atoms with Crippen LogP contribution in [-0.2, 0) is 4.74 Å². The van der Waals surface area contributed by atoms with E-state index in [9.17, 15) is 0 Å². The van der Waals surface area contributed by atoms with E-state index in [1.54, 1.807) is 0 Å². The van der Waals surface area contributed by atoms with Crippen LogP contribution in [0.25, 0.3) is 0 Å². The third-order valence-electron chi connectivity index (χ3n) is 4.76. The summed E-state index contributed by atoms with van der Waals surface area (Å²) in [6.07, 6.45) is 10.0. The summed E-state index contributed by atoms with van der Waals surface area (Å²) in [5, 5.41) is 0. The molecule has 0 spiro atoms. The van der Waals surface area contributed by atoms with Crippen LogP contribution in [0.2, 0.25) is 0 Å². The largest absolute Gasteiger partial charge is 0.377 e. The highest BCUT2D eigenvalue weighted by atomic mass is 16.5. The smallest absolute Gasteiger partial charge is 0.0709 e. The highest BCUT2D eigenvalue weighted by Gasteiger charge is 2.32. The van der Waals surface area contributed by atoms with Gasteiger partial charge in [0.05, 0.1) is 6.10 Å². The first kappa shape index (κ1) is 14.3. The van der Waals surface area contributed by atoms with Crippen molar-refractivity contribution >= 4 is 0 Å². The minimum atomic E-state index is 0.263. The lowest BCUT2D eigenvalue weighted by Crippen LogP contribution is -2.47. The Hall–Kier alpha value is -0.120. The summed E-state index contributed by atoms with van der Waals surface area (Å²) in [6.45, 7) is 5.98.